The lowest BCUT2D eigenvalue weighted by Gasteiger charge is -2.40. The zero-order valence-corrected chi connectivity index (χ0v) is 38.5. The van der Waals surface area contributed by atoms with Crippen LogP contribution in [0.4, 0.5) is 0 Å². The molecule has 0 spiro atoms. The maximum Gasteiger partial charge on any atom is 0.220 e. The SMILES string of the molecule is CC/C=C\C/C=C\C/C=C\CCCCCC(=O)NC(COC1OC(CO)C(O)C(O)C1O)C(O)/C=C/CCCCCCCCCCCCCCCCCCCCCCCC. The summed E-state index contributed by atoms with van der Waals surface area (Å²) in [6.45, 7) is 3.64. The molecule has 60 heavy (non-hydrogen) atoms. The number of unbranched alkanes of at least 4 members (excludes halogenated alkanes) is 25. The molecule has 0 radical (unpaired) electrons. The number of aliphatic hydroxyl groups excluding tert-OH is 5. The predicted molar refractivity (Wildman–Crippen MR) is 249 cm³/mol. The minimum Gasteiger partial charge on any atom is -0.394 e. The van der Waals surface area contributed by atoms with Gasteiger partial charge < -0.3 is 40.3 Å². The van der Waals surface area contributed by atoms with Crippen LogP contribution in [-0.4, -0.2) is 87.5 Å². The summed E-state index contributed by atoms with van der Waals surface area (Å²) in [6.07, 6.45) is 46.0. The van der Waals surface area contributed by atoms with Gasteiger partial charge in [-0.25, -0.2) is 0 Å². The summed E-state index contributed by atoms with van der Waals surface area (Å²) < 4.78 is 11.2. The average Bonchev–Trinajstić information content (AvgIpc) is 3.25. The van der Waals surface area contributed by atoms with Gasteiger partial charge in [0.1, 0.15) is 24.4 Å². The Morgan fingerprint density at radius 2 is 1.03 bits per heavy atom. The van der Waals surface area contributed by atoms with Crippen molar-refractivity contribution in [2.75, 3.05) is 13.2 Å². The monoisotopic (exact) mass is 848 g/mol. The van der Waals surface area contributed by atoms with E-state index in [4.69, 9.17) is 9.47 Å². The largest absolute Gasteiger partial charge is 0.394 e. The van der Waals surface area contributed by atoms with Crippen molar-refractivity contribution in [3.05, 3.63) is 48.6 Å². The first-order valence-electron chi connectivity index (χ1n) is 24.9. The molecule has 9 nitrogen and oxygen atoms in total. The van der Waals surface area contributed by atoms with E-state index < -0.39 is 49.5 Å². The molecule has 9 heteroatoms. The summed E-state index contributed by atoms with van der Waals surface area (Å²) in [4.78, 5) is 12.9. The van der Waals surface area contributed by atoms with E-state index in [0.717, 1.165) is 64.2 Å². The van der Waals surface area contributed by atoms with Crippen LogP contribution in [0.1, 0.15) is 213 Å². The van der Waals surface area contributed by atoms with Crippen molar-refractivity contribution < 1.29 is 39.8 Å². The van der Waals surface area contributed by atoms with Gasteiger partial charge >= 0.3 is 0 Å². The highest BCUT2D eigenvalue weighted by atomic mass is 16.7. The number of carbonyl (C=O) groups is 1. The van der Waals surface area contributed by atoms with Crippen LogP contribution < -0.4 is 5.32 Å². The Morgan fingerprint density at radius 3 is 1.53 bits per heavy atom. The lowest BCUT2D eigenvalue weighted by molar-refractivity contribution is -0.302. The summed E-state index contributed by atoms with van der Waals surface area (Å²) in [5, 5.41) is 54.2. The van der Waals surface area contributed by atoms with E-state index in [0.29, 0.717) is 6.42 Å². The summed E-state index contributed by atoms with van der Waals surface area (Å²) in [5.41, 5.74) is 0. The number of carbonyl (C=O) groups excluding carboxylic acids is 1. The van der Waals surface area contributed by atoms with Crippen molar-refractivity contribution >= 4 is 5.91 Å². The van der Waals surface area contributed by atoms with Gasteiger partial charge in [-0.3, -0.25) is 4.79 Å². The maximum atomic E-state index is 12.9. The third-order valence-electron chi connectivity index (χ3n) is 11.7. The minimum absolute atomic E-state index is 0.201. The van der Waals surface area contributed by atoms with Gasteiger partial charge in [-0.2, -0.15) is 0 Å². The number of ether oxygens (including phenoxy) is 2. The van der Waals surface area contributed by atoms with Crippen LogP contribution in [0, 0.1) is 0 Å². The molecular formula is C51H93NO8. The van der Waals surface area contributed by atoms with E-state index in [9.17, 15) is 30.3 Å². The average molecular weight is 848 g/mol. The van der Waals surface area contributed by atoms with Crippen LogP contribution in [0.15, 0.2) is 48.6 Å². The number of amides is 1. The van der Waals surface area contributed by atoms with Crippen LogP contribution in [0.3, 0.4) is 0 Å². The highest BCUT2D eigenvalue weighted by Crippen LogP contribution is 2.23. The van der Waals surface area contributed by atoms with Gasteiger partial charge in [0.2, 0.25) is 5.91 Å². The lowest BCUT2D eigenvalue weighted by atomic mass is 9.99. The molecule has 7 unspecified atom stereocenters. The molecule has 0 aliphatic carbocycles. The van der Waals surface area contributed by atoms with E-state index in [1.165, 1.54) is 128 Å². The predicted octanol–water partition coefficient (Wildman–Crippen LogP) is 11.0. The van der Waals surface area contributed by atoms with E-state index in [2.05, 4.69) is 55.6 Å². The molecule has 0 aromatic rings. The molecule has 0 bridgehead atoms. The fourth-order valence-corrected chi connectivity index (χ4v) is 7.70. The molecular weight excluding hydrogens is 755 g/mol. The Hall–Kier alpha value is -1.85. The Kier molecular flexibility index (Phi) is 38.5. The molecule has 1 aliphatic heterocycles. The van der Waals surface area contributed by atoms with Crippen molar-refractivity contribution in [3.8, 4) is 0 Å². The first-order chi connectivity index (χ1) is 29.3. The first-order valence-corrected chi connectivity index (χ1v) is 24.9. The van der Waals surface area contributed by atoms with E-state index in [1.807, 2.05) is 6.08 Å². The van der Waals surface area contributed by atoms with Gasteiger partial charge in [-0.1, -0.05) is 204 Å². The van der Waals surface area contributed by atoms with Crippen molar-refractivity contribution in [1.82, 2.24) is 5.32 Å². The van der Waals surface area contributed by atoms with Crippen LogP contribution in [-0.2, 0) is 14.3 Å². The molecule has 1 amide bonds. The van der Waals surface area contributed by atoms with Crippen LogP contribution in [0.25, 0.3) is 0 Å². The topological polar surface area (TPSA) is 149 Å². The number of allylic oxidation sites excluding steroid dienone is 7. The zero-order chi connectivity index (χ0) is 43.7. The normalized spacial score (nSPS) is 20.9. The van der Waals surface area contributed by atoms with Gasteiger partial charge in [-0.05, 0) is 51.4 Å². The van der Waals surface area contributed by atoms with Gasteiger partial charge in [0.15, 0.2) is 6.29 Å². The highest BCUT2D eigenvalue weighted by Gasteiger charge is 2.44. The fraction of sp³-hybridized carbons (Fsp3) is 0.824. The van der Waals surface area contributed by atoms with E-state index in [-0.39, 0.29) is 12.5 Å². The Balaban J connectivity index is 2.28. The molecule has 0 aromatic carbocycles. The lowest BCUT2D eigenvalue weighted by Crippen LogP contribution is -2.60. The smallest absolute Gasteiger partial charge is 0.220 e. The van der Waals surface area contributed by atoms with Gasteiger partial charge in [-0.15, -0.1) is 0 Å². The number of hydrogen-bond acceptors (Lipinski definition) is 8. The highest BCUT2D eigenvalue weighted by molar-refractivity contribution is 5.76. The van der Waals surface area contributed by atoms with Crippen molar-refractivity contribution in [2.24, 2.45) is 0 Å². The van der Waals surface area contributed by atoms with Crippen LogP contribution >= 0.6 is 0 Å². The number of nitrogens with one attached hydrogen (secondary N) is 1. The first kappa shape index (κ1) is 56.2. The van der Waals surface area contributed by atoms with Crippen molar-refractivity contribution in [3.63, 3.8) is 0 Å². The van der Waals surface area contributed by atoms with E-state index in [1.54, 1.807) is 6.08 Å². The molecule has 7 atom stereocenters. The second-order valence-electron chi connectivity index (χ2n) is 17.2. The molecule has 350 valence electrons. The maximum absolute atomic E-state index is 12.9. The second kappa shape index (κ2) is 41.2. The third-order valence-corrected chi connectivity index (χ3v) is 11.7. The number of hydrogen-bond donors (Lipinski definition) is 6. The summed E-state index contributed by atoms with van der Waals surface area (Å²) >= 11 is 0. The van der Waals surface area contributed by atoms with Crippen LogP contribution in [0.5, 0.6) is 0 Å². The molecule has 1 saturated heterocycles. The quantitative estimate of drug-likeness (QED) is 0.0263. The minimum atomic E-state index is -1.57. The molecule has 1 aliphatic rings. The standard InChI is InChI=1S/C51H93NO8/c1-3-5-7-9-11-13-15-17-18-19-20-21-22-23-24-25-26-27-29-30-32-34-36-38-40-45(54)44(43-59-51-50(58)49(57)48(56)46(42-53)60-51)52-47(55)41-39-37-35-33-31-28-16-14-12-10-8-6-4-2/h6,8,12,14,28,31,38,40,44-46,48-51,53-54,56-58H,3-5,7,9-11,13,15-27,29-30,32-37,39,41-43H2,1-2H3,(H,52,55)/b8-6-,14-12-,31-28-,40-38+. The van der Waals surface area contributed by atoms with E-state index >= 15 is 0 Å². The Bertz CT molecular complexity index is 1080. The van der Waals surface area contributed by atoms with Gasteiger partial charge in [0.05, 0.1) is 25.4 Å². The molecule has 0 saturated carbocycles. The Morgan fingerprint density at radius 1 is 0.583 bits per heavy atom. The molecule has 6 N–H and O–H groups in total. The van der Waals surface area contributed by atoms with Gasteiger partial charge in [0, 0.05) is 6.42 Å². The molecule has 1 rings (SSSR count). The van der Waals surface area contributed by atoms with Gasteiger partial charge in [0.25, 0.3) is 0 Å². The zero-order valence-electron chi connectivity index (χ0n) is 38.5. The third kappa shape index (κ3) is 31.1. The van der Waals surface area contributed by atoms with Crippen molar-refractivity contribution in [1.29, 1.82) is 0 Å². The van der Waals surface area contributed by atoms with Crippen molar-refractivity contribution in [2.45, 2.75) is 256 Å². The molecule has 0 aromatic heterocycles. The second-order valence-corrected chi connectivity index (χ2v) is 17.2. The fourth-order valence-electron chi connectivity index (χ4n) is 7.70. The summed E-state index contributed by atoms with van der Waals surface area (Å²) in [5.74, 6) is -0.206. The summed E-state index contributed by atoms with van der Waals surface area (Å²) in [7, 11) is 0. The molecule has 1 heterocycles. The number of aliphatic hydroxyl groups is 5. The Labute approximate surface area is 367 Å². The molecule has 1 fully saturated rings. The number of rotatable bonds is 41. The summed E-state index contributed by atoms with van der Waals surface area (Å²) in [6, 6.07) is -0.820. The van der Waals surface area contributed by atoms with Crippen LogP contribution in [0.2, 0.25) is 0 Å².